The van der Waals surface area contributed by atoms with Crippen molar-refractivity contribution in [2.24, 2.45) is 0 Å². The number of anilines is 1. The number of nitrogens with one attached hydrogen (secondary N) is 2. The normalized spacial score (nSPS) is 12.2. The third-order valence-electron chi connectivity index (χ3n) is 4.75. The summed E-state index contributed by atoms with van der Waals surface area (Å²) in [6.45, 7) is 7.10. The number of benzene rings is 2. The van der Waals surface area contributed by atoms with E-state index in [-0.39, 0.29) is 12.1 Å². The number of ether oxygens (including phenoxy) is 2. The average molecular weight is 428 g/mol. The number of hydrogen-bond donors (Lipinski definition) is 2. The van der Waals surface area contributed by atoms with Gasteiger partial charge in [0.05, 0.1) is 7.11 Å². The summed E-state index contributed by atoms with van der Waals surface area (Å²) < 4.78 is 10.9. The van der Waals surface area contributed by atoms with Crippen LogP contribution in [-0.4, -0.2) is 45.5 Å². The first-order valence-electron chi connectivity index (χ1n) is 10.8. The molecule has 0 aliphatic heterocycles. The van der Waals surface area contributed by atoms with Gasteiger partial charge in [0.1, 0.15) is 11.4 Å². The fraction of sp³-hybridized carbons (Fsp3) is 0.480. The van der Waals surface area contributed by atoms with Crippen molar-refractivity contribution in [2.75, 3.05) is 32.6 Å². The lowest BCUT2D eigenvalue weighted by atomic mass is 10.0. The molecule has 0 saturated heterocycles. The van der Waals surface area contributed by atoms with Crippen molar-refractivity contribution >= 4 is 11.8 Å². The van der Waals surface area contributed by atoms with Crippen LogP contribution in [0, 0.1) is 0 Å². The van der Waals surface area contributed by atoms with Crippen LogP contribution in [0.25, 0.3) is 0 Å². The summed E-state index contributed by atoms with van der Waals surface area (Å²) in [4.78, 5) is 14.4. The van der Waals surface area contributed by atoms with Gasteiger partial charge >= 0.3 is 6.09 Å². The zero-order valence-electron chi connectivity index (χ0n) is 19.7. The van der Waals surface area contributed by atoms with E-state index in [1.54, 1.807) is 7.11 Å². The lowest BCUT2D eigenvalue weighted by Crippen LogP contribution is -2.41. The summed E-state index contributed by atoms with van der Waals surface area (Å²) in [7, 11) is 5.72. The van der Waals surface area contributed by atoms with Gasteiger partial charge in [-0.1, -0.05) is 30.3 Å². The van der Waals surface area contributed by atoms with Crippen molar-refractivity contribution in [1.29, 1.82) is 0 Å². The van der Waals surface area contributed by atoms with Gasteiger partial charge in [0.2, 0.25) is 0 Å². The van der Waals surface area contributed by atoms with Gasteiger partial charge in [0, 0.05) is 38.4 Å². The fourth-order valence-electron chi connectivity index (χ4n) is 3.23. The highest BCUT2D eigenvalue weighted by Gasteiger charge is 2.19. The van der Waals surface area contributed by atoms with E-state index in [1.807, 2.05) is 65.2 Å². The van der Waals surface area contributed by atoms with Crippen LogP contribution in [0.4, 0.5) is 10.5 Å². The molecule has 0 unspecified atom stereocenters. The van der Waals surface area contributed by atoms with Crippen LogP contribution >= 0.6 is 0 Å². The number of nitrogens with zero attached hydrogens (tertiary/aromatic N) is 1. The number of rotatable bonds is 10. The first-order chi connectivity index (χ1) is 14.7. The molecule has 0 bridgehead atoms. The van der Waals surface area contributed by atoms with Gasteiger partial charge in [-0.25, -0.2) is 4.79 Å². The van der Waals surface area contributed by atoms with Gasteiger partial charge < -0.3 is 25.0 Å². The van der Waals surface area contributed by atoms with Crippen molar-refractivity contribution in [3.05, 3.63) is 59.7 Å². The molecule has 170 valence electrons. The molecule has 0 aliphatic rings. The van der Waals surface area contributed by atoms with Crippen LogP contribution in [0.5, 0.6) is 5.75 Å². The number of hydrogen-bond acceptors (Lipinski definition) is 5. The fourth-order valence-corrected chi connectivity index (χ4v) is 3.23. The van der Waals surface area contributed by atoms with Crippen LogP contribution in [0.15, 0.2) is 48.5 Å². The Hall–Kier alpha value is -2.73. The topological polar surface area (TPSA) is 62.8 Å². The van der Waals surface area contributed by atoms with Gasteiger partial charge in [0.15, 0.2) is 0 Å². The molecule has 0 saturated carbocycles. The number of carbonyl (C=O) groups is 1. The smallest absolute Gasteiger partial charge is 0.407 e. The predicted octanol–water partition coefficient (Wildman–Crippen LogP) is 4.38. The summed E-state index contributed by atoms with van der Waals surface area (Å²) in [6, 6.07) is 16.4. The first-order valence-corrected chi connectivity index (χ1v) is 10.8. The minimum absolute atomic E-state index is 0.0209. The number of carbonyl (C=O) groups excluding carboxylic acids is 1. The summed E-state index contributed by atoms with van der Waals surface area (Å²) >= 11 is 0. The molecule has 0 fully saturated rings. The number of methoxy groups -OCH3 is 1. The highest BCUT2D eigenvalue weighted by Crippen LogP contribution is 2.22. The second kappa shape index (κ2) is 11.6. The van der Waals surface area contributed by atoms with E-state index >= 15 is 0 Å². The molecule has 6 heteroatoms. The van der Waals surface area contributed by atoms with Gasteiger partial charge in [0.25, 0.3) is 0 Å². The molecule has 6 nitrogen and oxygen atoms in total. The van der Waals surface area contributed by atoms with Crippen molar-refractivity contribution in [1.82, 2.24) is 10.6 Å². The standard InChI is InChI=1S/C25H37N3O3/c1-25(2,3)31-24(29)27-21(14-19-10-8-7-9-11-19)12-13-26-18-20-15-22(28(4)5)17-23(16-20)30-6/h7-11,15-17,21,26H,12-14,18H2,1-6H3,(H,27,29)/t21-/m1/s1. The Balaban J connectivity index is 1.95. The second-order valence-corrected chi connectivity index (χ2v) is 8.93. The van der Waals surface area contributed by atoms with E-state index in [2.05, 4.69) is 33.7 Å². The van der Waals surface area contributed by atoms with Crippen LogP contribution in [0.2, 0.25) is 0 Å². The molecule has 1 atom stereocenters. The van der Waals surface area contributed by atoms with Crippen LogP contribution in [0.1, 0.15) is 38.3 Å². The van der Waals surface area contributed by atoms with Gasteiger partial charge in [-0.2, -0.15) is 0 Å². The summed E-state index contributed by atoms with van der Waals surface area (Å²) in [5, 5.41) is 6.53. The molecule has 2 N–H and O–H groups in total. The van der Waals surface area contributed by atoms with Crippen LogP contribution < -0.4 is 20.3 Å². The number of amides is 1. The van der Waals surface area contributed by atoms with E-state index in [9.17, 15) is 4.79 Å². The molecule has 0 aromatic heterocycles. The second-order valence-electron chi connectivity index (χ2n) is 8.93. The van der Waals surface area contributed by atoms with Gasteiger partial charge in [-0.15, -0.1) is 0 Å². The molecular formula is C25H37N3O3. The third kappa shape index (κ3) is 9.30. The Morgan fingerprint density at radius 3 is 2.39 bits per heavy atom. The molecule has 0 aliphatic carbocycles. The lowest BCUT2D eigenvalue weighted by Gasteiger charge is -2.24. The Morgan fingerprint density at radius 2 is 1.77 bits per heavy atom. The maximum absolute atomic E-state index is 12.3. The zero-order chi connectivity index (χ0) is 22.9. The summed E-state index contributed by atoms with van der Waals surface area (Å²) in [5.74, 6) is 0.844. The Kier molecular flexibility index (Phi) is 9.19. The Morgan fingerprint density at radius 1 is 1.06 bits per heavy atom. The first kappa shape index (κ1) is 24.5. The minimum atomic E-state index is -0.518. The Bertz CT molecular complexity index is 817. The lowest BCUT2D eigenvalue weighted by molar-refractivity contribution is 0.0502. The minimum Gasteiger partial charge on any atom is -0.497 e. The van der Waals surface area contributed by atoms with Gasteiger partial charge in [-0.05, 0) is 63.4 Å². The molecule has 0 spiro atoms. The molecule has 2 rings (SSSR count). The van der Waals surface area contributed by atoms with Crippen LogP contribution in [-0.2, 0) is 17.7 Å². The van der Waals surface area contributed by atoms with E-state index in [1.165, 1.54) is 5.56 Å². The van der Waals surface area contributed by atoms with Crippen molar-refractivity contribution in [3.8, 4) is 5.75 Å². The van der Waals surface area contributed by atoms with E-state index in [4.69, 9.17) is 9.47 Å². The molecule has 2 aromatic carbocycles. The van der Waals surface area contributed by atoms with E-state index in [0.29, 0.717) is 0 Å². The number of alkyl carbamates (subject to hydrolysis) is 1. The highest BCUT2D eigenvalue weighted by atomic mass is 16.6. The zero-order valence-corrected chi connectivity index (χ0v) is 19.7. The maximum atomic E-state index is 12.3. The summed E-state index contributed by atoms with van der Waals surface area (Å²) in [6.07, 6.45) is 1.17. The molecule has 2 aromatic rings. The predicted molar refractivity (Wildman–Crippen MR) is 127 cm³/mol. The highest BCUT2D eigenvalue weighted by molar-refractivity contribution is 5.68. The van der Waals surface area contributed by atoms with Crippen LogP contribution in [0.3, 0.4) is 0 Å². The monoisotopic (exact) mass is 427 g/mol. The van der Waals surface area contributed by atoms with Crippen molar-refractivity contribution in [3.63, 3.8) is 0 Å². The Labute approximate surface area is 186 Å². The summed E-state index contributed by atoms with van der Waals surface area (Å²) in [5.41, 5.74) is 2.93. The quantitative estimate of drug-likeness (QED) is 0.551. The SMILES string of the molecule is COc1cc(CNCC[C@H](Cc2ccccc2)NC(=O)OC(C)(C)C)cc(N(C)C)c1. The van der Waals surface area contributed by atoms with E-state index in [0.717, 1.165) is 42.9 Å². The van der Waals surface area contributed by atoms with Crippen molar-refractivity contribution in [2.45, 2.75) is 51.8 Å². The largest absolute Gasteiger partial charge is 0.497 e. The molecule has 31 heavy (non-hydrogen) atoms. The average Bonchev–Trinajstić information content (AvgIpc) is 2.70. The molecule has 1 amide bonds. The maximum Gasteiger partial charge on any atom is 0.407 e. The molecule has 0 radical (unpaired) electrons. The van der Waals surface area contributed by atoms with Gasteiger partial charge in [-0.3, -0.25) is 0 Å². The molecule has 0 heterocycles. The van der Waals surface area contributed by atoms with Crippen molar-refractivity contribution < 1.29 is 14.3 Å². The molecular weight excluding hydrogens is 390 g/mol. The van der Waals surface area contributed by atoms with E-state index < -0.39 is 5.60 Å². The third-order valence-corrected chi connectivity index (χ3v) is 4.75.